The lowest BCUT2D eigenvalue weighted by Crippen LogP contribution is -2.19. The Labute approximate surface area is 144 Å². The number of hydrogen-bond donors (Lipinski definition) is 0. The normalized spacial score (nSPS) is 18.9. The molecule has 0 unspecified atom stereocenters. The smallest absolute Gasteiger partial charge is 0.490 e. The van der Waals surface area contributed by atoms with Crippen LogP contribution in [-0.4, -0.2) is 13.0 Å². The predicted molar refractivity (Wildman–Crippen MR) is 86.9 cm³/mol. The second-order valence-corrected chi connectivity index (χ2v) is 6.83. The number of allylic oxidation sites excluding steroid dienone is 1. The van der Waals surface area contributed by atoms with E-state index in [1.165, 1.54) is 12.1 Å². The first-order valence-electron chi connectivity index (χ1n) is 8.81. The van der Waals surface area contributed by atoms with Crippen LogP contribution in [-0.2, 0) is 0 Å². The van der Waals surface area contributed by atoms with Gasteiger partial charge in [-0.3, -0.25) is 0 Å². The fourth-order valence-corrected chi connectivity index (χ4v) is 3.14. The molecule has 0 radical (unpaired) electrons. The number of hydrogen-bond acceptors (Lipinski definition) is 2. The highest BCUT2D eigenvalue weighted by atomic mass is 19.4. The van der Waals surface area contributed by atoms with Crippen LogP contribution in [0.15, 0.2) is 18.2 Å². The monoisotopic (exact) mass is 358 g/mol. The molecule has 0 aliphatic heterocycles. The van der Waals surface area contributed by atoms with Crippen LogP contribution >= 0.6 is 0 Å². The van der Waals surface area contributed by atoms with E-state index in [4.69, 9.17) is 4.74 Å². The van der Waals surface area contributed by atoms with Gasteiger partial charge in [0.25, 0.3) is 0 Å². The maximum atomic E-state index is 14.6. The fraction of sp³-hybridized carbons (Fsp3) is 0.579. The van der Waals surface area contributed by atoms with Crippen molar-refractivity contribution in [1.82, 2.24) is 0 Å². The predicted octanol–water partition coefficient (Wildman–Crippen LogP) is 6.11. The third-order valence-electron chi connectivity index (χ3n) is 4.74. The van der Waals surface area contributed by atoms with Gasteiger partial charge < -0.3 is 9.47 Å². The largest absolute Gasteiger partial charge is 0.573 e. The van der Waals surface area contributed by atoms with E-state index >= 15 is 0 Å². The van der Waals surface area contributed by atoms with Crippen molar-refractivity contribution in [3.05, 3.63) is 29.6 Å². The summed E-state index contributed by atoms with van der Waals surface area (Å²) in [4.78, 5) is 0. The third-order valence-corrected chi connectivity index (χ3v) is 4.74. The molecule has 0 heterocycles. The fourth-order valence-electron chi connectivity index (χ4n) is 3.14. The molecule has 2 aliphatic rings. The third kappa shape index (κ3) is 5.38. The van der Waals surface area contributed by atoms with Gasteiger partial charge in [0.2, 0.25) is 5.75 Å². The first kappa shape index (κ1) is 18.1. The Bertz CT molecular complexity index is 615. The van der Waals surface area contributed by atoms with Crippen molar-refractivity contribution in [1.29, 1.82) is 0 Å². The lowest BCUT2D eigenvalue weighted by atomic mass is 10.1. The van der Waals surface area contributed by atoms with Crippen molar-refractivity contribution in [2.45, 2.75) is 51.3 Å². The Morgan fingerprint density at radius 1 is 1.08 bits per heavy atom. The summed E-state index contributed by atoms with van der Waals surface area (Å²) in [7, 11) is 0. The second kappa shape index (κ2) is 7.67. The standard InChI is InChI=1S/C19H22F4O2/c20-17-15(8-7-13-3-1-2-4-13)9-10-16(18(17)25-19(21,22)23)24-12-11-14-5-6-14/h7-10,13-14H,1-6,11-12H2/b8-7+. The van der Waals surface area contributed by atoms with Crippen molar-refractivity contribution in [2.75, 3.05) is 6.61 Å². The van der Waals surface area contributed by atoms with Gasteiger partial charge in [0.1, 0.15) is 0 Å². The van der Waals surface area contributed by atoms with Gasteiger partial charge in [-0.2, -0.15) is 0 Å². The van der Waals surface area contributed by atoms with Gasteiger partial charge in [-0.25, -0.2) is 4.39 Å². The Balaban J connectivity index is 1.77. The zero-order chi connectivity index (χ0) is 17.9. The lowest BCUT2D eigenvalue weighted by molar-refractivity contribution is -0.276. The number of halogens is 4. The average Bonchev–Trinajstić information content (AvgIpc) is 3.21. The Morgan fingerprint density at radius 3 is 2.44 bits per heavy atom. The van der Waals surface area contributed by atoms with Crippen LogP contribution in [0.1, 0.15) is 50.5 Å². The van der Waals surface area contributed by atoms with Crippen LogP contribution in [0.4, 0.5) is 17.6 Å². The summed E-state index contributed by atoms with van der Waals surface area (Å²) >= 11 is 0. The molecule has 0 saturated heterocycles. The molecule has 1 aromatic rings. The van der Waals surface area contributed by atoms with Crippen molar-refractivity contribution >= 4 is 6.08 Å². The quantitative estimate of drug-likeness (QED) is 0.548. The van der Waals surface area contributed by atoms with E-state index in [1.54, 1.807) is 6.08 Å². The minimum absolute atomic E-state index is 0.0840. The first-order chi connectivity index (χ1) is 11.9. The topological polar surface area (TPSA) is 18.5 Å². The molecule has 2 fully saturated rings. The maximum Gasteiger partial charge on any atom is 0.573 e. The van der Waals surface area contributed by atoms with E-state index < -0.39 is 17.9 Å². The number of alkyl halides is 3. The number of ether oxygens (including phenoxy) is 2. The highest BCUT2D eigenvalue weighted by Gasteiger charge is 2.35. The highest BCUT2D eigenvalue weighted by molar-refractivity contribution is 5.57. The summed E-state index contributed by atoms with van der Waals surface area (Å²) < 4.78 is 61.8. The van der Waals surface area contributed by atoms with E-state index in [1.807, 2.05) is 6.08 Å². The van der Waals surface area contributed by atoms with Crippen LogP contribution in [0.25, 0.3) is 6.08 Å². The molecule has 138 valence electrons. The van der Waals surface area contributed by atoms with Gasteiger partial charge in [-0.15, -0.1) is 13.2 Å². The van der Waals surface area contributed by atoms with Crippen LogP contribution in [0.3, 0.4) is 0 Å². The van der Waals surface area contributed by atoms with Crippen LogP contribution in [0.5, 0.6) is 11.5 Å². The molecule has 0 spiro atoms. The average molecular weight is 358 g/mol. The summed E-state index contributed by atoms with van der Waals surface area (Å²) in [5, 5.41) is 0. The Kier molecular flexibility index (Phi) is 5.54. The highest BCUT2D eigenvalue weighted by Crippen LogP contribution is 2.38. The van der Waals surface area contributed by atoms with Crippen molar-refractivity contribution in [3.8, 4) is 11.5 Å². The van der Waals surface area contributed by atoms with Gasteiger partial charge in [0.05, 0.1) is 6.61 Å². The SMILES string of the molecule is Fc1c(/C=C/C2CCCC2)ccc(OCCC2CC2)c1OC(F)(F)F. The summed E-state index contributed by atoms with van der Waals surface area (Å²) in [5.74, 6) is -1.17. The molecule has 25 heavy (non-hydrogen) atoms. The van der Waals surface area contributed by atoms with Crippen LogP contribution in [0.2, 0.25) is 0 Å². The van der Waals surface area contributed by atoms with Crippen molar-refractivity contribution in [3.63, 3.8) is 0 Å². The van der Waals surface area contributed by atoms with E-state index in [9.17, 15) is 17.6 Å². The van der Waals surface area contributed by atoms with E-state index in [2.05, 4.69) is 4.74 Å². The van der Waals surface area contributed by atoms with E-state index in [0.29, 0.717) is 11.8 Å². The van der Waals surface area contributed by atoms with Crippen LogP contribution < -0.4 is 9.47 Å². The molecule has 6 heteroatoms. The zero-order valence-electron chi connectivity index (χ0n) is 13.9. The molecule has 1 aromatic carbocycles. The summed E-state index contributed by atoms with van der Waals surface area (Å²) in [6, 6.07) is 2.79. The minimum atomic E-state index is -4.97. The molecule has 2 nitrogen and oxygen atoms in total. The molecule has 2 aliphatic carbocycles. The van der Waals surface area contributed by atoms with Gasteiger partial charge in [-0.1, -0.05) is 37.8 Å². The molecule has 0 amide bonds. The molecular weight excluding hydrogens is 336 g/mol. The summed E-state index contributed by atoms with van der Waals surface area (Å²) in [6.07, 6.45) is 5.78. The Morgan fingerprint density at radius 2 is 1.80 bits per heavy atom. The molecule has 0 bridgehead atoms. The second-order valence-electron chi connectivity index (χ2n) is 6.83. The van der Waals surface area contributed by atoms with E-state index in [-0.39, 0.29) is 17.9 Å². The van der Waals surface area contributed by atoms with E-state index in [0.717, 1.165) is 44.9 Å². The van der Waals surface area contributed by atoms with Gasteiger partial charge in [-0.05, 0) is 43.2 Å². The maximum absolute atomic E-state index is 14.6. The van der Waals surface area contributed by atoms with Crippen molar-refractivity contribution in [2.24, 2.45) is 11.8 Å². The van der Waals surface area contributed by atoms with Gasteiger partial charge in [0.15, 0.2) is 11.6 Å². The molecule has 2 saturated carbocycles. The first-order valence-corrected chi connectivity index (χ1v) is 8.81. The molecular formula is C19H22F4O2. The Hall–Kier alpha value is -1.72. The summed E-state index contributed by atoms with van der Waals surface area (Å²) in [6.45, 7) is 0.260. The number of benzene rings is 1. The molecule has 0 aromatic heterocycles. The minimum Gasteiger partial charge on any atom is -0.490 e. The van der Waals surface area contributed by atoms with Crippen LogP contribution in [0, 0.1) is 17.7 Å². The zero-order valence-corrected chi connectivity index (χ0v) is 13.9. The number of rotatable bonds is 7. The molecule has 0 atom stereocenters. The molecule has 3 rings (SSSR count). The molecule has 0 N–H and O–H groups in total. The van der Waals surface area contributed by atoms with Gasteiger partial charge in [0, 0.05) is 5.56 Å². The summed E-state index contributed by atoms with van der Waals surface area (Å²) in [5.41, 5.74) is 0.0840. The van der Waals surface area contributed by atoms with Crippen molar-refractivity contribution < 1.29 is 27.0 Å². The van der Waals surface area contributed by atoms with Gasteiger partial charge >= 0.3 is 6.36 Å². The lowest BCUT2D eigenvalue weighted by Gasteiger charge is -2.16.